The summed E-state index contributed by atoms with van der Waals surface area (Å²) in [5.41, 5.74) is 0.727. The minimum Gasteiger partial charge on any atom is -0.352 e. The maximum absolute atomic E-state index is 11.7. The molecule has 0 atom stereocenters. The summed E-state index contributed by atoms with van der Waals surface area (Å²) >= 11 is 2.22. The summed E-state index contributed by atoms with van der Waals surface area (Å²) in [7, 11) is 4.06. The third-order valence-electron chi connectivity index (χ3n) is 2.17. The van der Waals surface area contributed by atoms with Gasteiger partial charge in [-0.2, -0.15) is 0 Å². The van der Waals surface area contributed by atoms with Gasteiger partial charge in [-0.3, -0.25) is 4.79 Å². The van der Waals surface area contributed by atoms with Crippen LogP contribution in [0.2, 0.25) is 0 Å². The number of benzene rings is 1. The van der Waals surface area contributed by atoms with Crippen molar-refractivity contribution in [1.29, 1.82) is 0 Å². The van der Waals surface area contributed by atoms with E-state index in [1.54, 1.807) is 0 Å². The maximum atomic E-state index is 11.7. The van der Waals surface area contributed by atoms with Gasteiger partial charge in [0.2, 0.25) is 0 Å². The van der Waals surface area contributed by atoms with Crippen LogP contribution in [0, 0.1) is 3.57 Å². The molecule has 3 nitrogen and oxygen atoms in total. The van der Waals surface area contributed by atoms with E-state index >= 15 is 0 Å². The van der Waals surface area contributed by atoms with E-state index in [-0.39, 0.29) is 5.91 Å². The van der Waals surface area contributed by atoms with Crippen LogP contribution in [0.3, 0.4) is 0 Å². The van der Waals surface area contributed by atoms with Gasteiger partial charge in [-0.15, -0.1) is 0 Å². The molecular weight excluding hydrogens is 317 g/mol. The summed E-state index contributed by atoms with van der Waals surface area (Å²) in [4.78, 5) is 13.8. The smallest absolute Gasteiger partial charge is 0.251 e. The molecule has 1 aromatic rings. The molecule has 0 heterocycles. The first kappa shape index (κ1) is 13.4. The number of halogens is 1. The number of carbonyl (C=O) groups excluding carboxylic acids is 1. The predicted molar refractivity (Wildman–Crippen MR) is 74.7 cm³/mol. The molecule has 0 spiro atoms. The third-order valence-corrected chi connectivity index (χ3v) is 2.89. The van der Waals surface area contributed by atoms with E-state index in [4.69, 9.17) is 0 Å². The number of hydrogen-bond donors (Lipinski definition) is 1. The predicted octanol–water partition coefficient (Wildman–Crippen LogP) is 1.97. The number of nitrogens with zero attached hydrogens (tertiary/aromatic N) is 1. The minimum atomic E-state index is 0.00940. The quantitative estimate of drug-likeness (QED) is 0.660. The molecular formula is C12H17IN2O. The summed E-state index contributed by atoms with van der Waals surface area (Å²) in [6.07, 6.45) is 0.975. The first-order valence-electron chi connectivity index (χ1n) is 5.28. The van der Waals surface area contributed by atoms with Crippen molar-refractivity contribution in [3.8, 4) is 0 Å². The molecule has 1 rings (SSSR count). The fourth-order valence-electron chi connectivity index (χ4n) is 1.30. The molecule has 0 bridgehead atoms. The lowest BCUT2D eigenvalue weighted by molar-refractivity contribution is 0.0952. The van der Waals surface area contributed by atoms with Crippen molar-refractivity contribution < 1.29 is 4.79 Å². The Bertz CT molecular complexity index is 335. The van der Waals surface area contributed by atoms with E-state index < -0.39 is 0 Å². The molecule has 0 aromatic heterocycles. The second-order valence-electron chi connectivity index (χ2n) is 3.92. The highest BCUT2D eigenvalue weighted by atomic mass is 127. The second kappa shape index (κ2) is 6.85. The van der Waals surface area contributed by atoms with Crippen molar-refractivity contribution in [3.63, 3.8) is 0 Å². The SMILES string of the molecule is CN(C)CC[14CH2]NC(=O)c1ccc(I)cc1. The van der Waals surface area contributed by atoms with Crippen LogP contribution in [0.15, 0.2) is 24.3 Å². The number of nitrogens with one attached hydrogen (secondary N) is 1. The fraction of sp³-hybridized carbons (Fsp3) is 0.417. The van der Waals surface area contributed by atoms with Gasteiger partial charge in [0, 0.05) is 15.7 Å². The molecule has 0 saturated heterocycles. The highest BCUT2D eigenvalue weighted by Gasteiger charge is 2.03. The van der Waals surface area contributed by atoms with Crippen LogP contribution >= 0.6 is 22.6 Å². The molecule has 0 fully saturated rings. The van der Waals surface area contributed by atoms with Gasteiger partial charge in [0.25, 0.3) is 5.91 Å². The topological polar surface area (TPSA) is 32.3 Å². The Labute approximate surface area is 110 Å². The Hall–Kier alpha value is -0.620. The van der Waals surface area contributed by atoms with E-state index in [1.165, 1.54) is 0 Å². The zero-order chi connectivity index (χ0) is 12.0. The van der Waals surface area contributed by atoms with Crippen molar-refractivity contribution >= 4 is 28.5 Å². The Morgan fingerprint density at radius 1 is 1.38 bits per heavy atom. The molecule has 1 N–H and O–H groups in total. The monoisotopic (exact) mass is 334 g/mol. The summed E-state index contributed by atoms with van der Waals surface area (Å²) in [6.45, 7) is 1.72. The number of carbonyl (C=O) groups is 1. The van der Waals surface area contributed by atoms with Gasteiger partial charge in [-0.25, -0.2) is 0 Å². The van der Waals surface area contributed by atoms with E-state index in [1.807, 2.05) is 38.4 Å². The van der Waals surface area contributed by atoms with E-state index in [0.717, 1.165) is 28.6 Å². The van der Waals surface area contributed by atoms with Crippen molar-refractivity contribution in [2.45, 2.75) is 6.42 Å². The Balaban J connectivity index is 2.32. The molecule has 4 heteroatoms. The molecule has 0 unspecified atom stereocenters. The lowest BCUT2D eigenvalue weighted by Gasteiger charge is -2.09. The van der Waals surface area contributed by atoms with Crippen molar-refractivity contribution in [3.05, 3.63) is 33.4 Å². The third kappa shape index (κ3) is 4.94. The highest BCUT2D eigenvalue weighted by molar-refractivity contribution is 14.1. The number of hydrogen-bond acceptors (Lipinski definition) is 2. The lowest BCUT2D eigenvalue weighted by Crippen LogP contribution is -2.27. The average molecular weight is 334 g/mol. The van der Waals surface area contributed by atoms with Crippen LogP contribution in [-0.4, -0.2) is 38.0 Å². The number of rotatable bonds is 5. The van der Waals surface area contributed by atoms with Gasteiger partial charge in [0.15, 0.2) is 0 Å². The van der Waals surface area contributed by atoms with Crippen molar-refractivity contribution in [2.75, 3.05) is 27.2 Å². The van der Waals surface area contributed by atoms with Gasteiger partial charge in [-0.1, -0.05) is 0 Å². The van der Waals surface area contributed by atoms with Crippen LogP contribution in [0.5, 0.6) is 0 Å². The summed E-state index contributed by atoms with van der Waals surface area (Å²) in [5, 5.41) is 2.91. The maximum Gasteiger partial charge on any atom is 0.251 e. The van der Waals surface area contributed by atoms with E-state index in [2.05, 4.69) is 32.8 Å². The Kier molecular flexibility index (Phi) is 5.76. The number of amides is 1. The first-order valence-corrected chi connectivity index (χ1v) is 6.36. The minimum absolute atomic E-state index is 0.00940. The second-order valence-corrected chi connectivity index (χ2v) is 5.17. The Morgan fingerprint density at radius 2 is 2.00 bits per heavy atom. The zero-order valence-electron chi connectivity index (χ0n) is 9.66. The zero-order valence-corrected chi connectivity index (χ0v) is 11.8. The molecule has 0 aliphatic rings. The fourth-order valence-corrected chi connectivity index (χ4v) is 1.66. The molecule has 0 radical (unpaired) electrons. The summed E-state index contributed by atoms with van der Waals surface area (Å²) < 4.78 is 1.14. The molecule has 16 heavy (non-hydrogen) atoms. The van der Waals surface area contributed by atoms with Gasteiger partial charge in [0.1, 0.15) is 0 Å². The van der Waals surface area contributed by atoms with E-state index in [9.17, 15) is 4.79 Å². The Morgan fingerprint density at radius 3 is 2.56 bits per heavy atom. The summed E-state index contributed by atoms with van der Waals surface area (Å²) in [6, 6.07) is 7.58. The van der Waals surface area contributed by atoms with Gasteiger partial charge >= 0.3 is 0 Å². The molecule has 0 saturated carbocycles. The first-order chi connectivity index (χ1) is 7.59. The standard InChI is InChI=1S/C12H17IN2O/c1-15(2)9-3-8-14-12(16)10-4-6-11(13)7-5-10/h4-7H,3,8-9H2,1-2H3,(H,14,16)/i8+2. The van der Waals surface area contributed by atoms with Gasteiger partial charge in [0.05, 0.1) is 0 Å². The highest BCUT2D eigenvalue weighted by Crippen LogP contribution is 2.06. The van der Waals surface area contributed by atoms with Crippen LogP contribution < -0.4 is 5.32 Å². The lowest BCUT2D eigenvalue weighted by atomic mass is 10.2. The van der Waals surface area contributed by atoms with E-state index in [0.29, 0.717) is 0 Å². The van der Waals surface area contributed by atoms with Crippen LogP contribution in [0.4, 0.5) is 0 Å². The molecule has 88 valence electrons. The van der Waals surface area contributed by atoms with Crippen molar-refractivity contribution in [1.82, 2.24) is 10.2 Å². The normalized spacial score (nSPS) is 10.5. The van der Waals surface area contributed by atoms with Crippen LogP contribution in [0.25, 0.3) is 0 Å². The van der Waals surface area contributed by atoms with Crippen LogP contribution in [-0.2, 0) is 0 Å². The molecule has 1 aromatic carbocycles. The average Bonchev–Trinajstić information content (AvgIpc) is 2.25. The molecule has 0 aliphatic carbocycles. The van der Waals surface area contributed by atoms with Gasteiger partial charge in [-0.05, 0) is 73.9 Å². The largest absolute Gasteiger partial charge is 0.352 e. The molecule has 1 amide bonds. The van der Waals surface area contributed by atoms with Crippen molar-refractivity contribution in [2.24, 2.45) is 0 Å². The summed E-state index contributed by atoms with van der Waals surface area (Å²) in [5.74, 6) is 0.00940. The van der Waals surface area contributed by atoms with Crippen LogP contribution in [0.1, 0.15) is 16.8 Å². The van der Waals surface area contributed by atoms with Gasteiger partial charge < -0.3 is 10.2 Å². The molecule has 0 aliphatic heterocycles.